The molecule has 0 bridgehead atoms. The number of fused-ring (bicyclic) bond motifs is 11. The molecule has 12 aromatic rings. The van der Waals surface area contributed by atoms with E-state index in [-0.39, 0.29) is 21.7 Å². The molecule has 0 aliphatic carbocycles. The van der Waals surface area contributed by atoms with Crippen LogP contribution in [0.4, 0.5) is 0 Å². The average molecular weight is 964 g/mol. The van der Waals surface area contributed by atoms with E-state index in [1.54, 1.807) is 0 Å². The highest BCUT2D eigenvalue weighted by molar-refractivity contribution is 6.14. The van der Waals surface area contributed by atoms with Crippen molar-refractivity contribution < 1.29 is 4.74 Å². The number of para-hydroxylation sites is 1. The summed E-state index contributed by atoms with van der Waals surface area (Å²) in [6.45, 7) is 27.6. The summed E-state index contributed by atoms with van der Waals surface area (Å²) in [5.41, 5.74) is 20.8. The summed E-state index contributed by atoms with van der Waals surface area (Å²) < 4.78 is 14.1. The van der Waals surface area contributed by atoms with E-state index in [4.69, 9.17) is 4.74 Å². The van der Waals surface area contributed by atoms with E-state index in [0.717, 1.165) is 45.2 Å². The van der Waals surface area contributed by atoms with E-state index in [1.165, 1.54) is 93.3 Å². The molecule has 0 atom stereocenters. The molecule has 0 N–H and O–H groups in total. The Bertz CT molecular complexity index is 4130. The van der Waals surface area contributed by atoms with Crippen LogP contribution in [0.25, 0.3) is 105 Å². The molecule has 0 saturated heterocycles. The monoisotopic (exact) mass is 964 g/mol. The quantitative estimate of drug-likeness (QED) is 0.172. The molecule has 0 fully saturated rings. The van der Waals surface area contributed by atoms with Crippen molar-refractivity contribution in [2.75, 3.05) is 0 Å². The lowest BCUT2D eigenvalue weighted by Gasteiger charge is -2.22. The van der Waals surface area contributed by atoms with E-state index in [1.807, 2.05) is 0 Å². The number of nitrogens with zero attached hydrogens (tertiary/aromatic N) is 3. The Morgan fingerprint density at radius 1 is 0.284 bits per heavy atom. The fraction of sp³-hybridized carbons (Fsp3) is 0.229. The minimum absolute atomic E-state index is 0.0527. The lowest BCUT2D eigenvalue weighted by Crippen LogP contribution is -2.10. The Kier molecular flexibility index (Phi) is 9.85. The molecule has 9 aromatic carbocycles. The summed E-state index contributed by atoms with van der Waals surface area (Å²) in [5.74, 6) is 1.72. The van der Waals surface area contributed by atoms with Crippen molar-refractivity contribution in [2.45, 2.75) is 105 Å². The standard InChI is InChI=1S/C70H65N3O/c1-67(2,3)46-22-32-58-54(38-46)55-39-47(68(4,5)6)23-33-59(55)71(58)50-26-16-42(17-27-50)44-20-30-62-53(36-44)52-14-13-15-64-66(52)73(62)63-31-21-45(37-65(63)74-64)43-18-28-51(29-19-43)72-60-34-24-48(69(7,8)9)40-56(60)57-41-49(70(10,11)12)25-35-61(57)72/h13-41H,1-12H3. The van der Waals surface area contributed by atoms with Crippen molar-refractivity contribution in [2.24, 2.45) is 0 Å². The van der Waals surface area contributed by atoms with Crippen LogP contribution in [0.2, 0.25) is 0 Å². The summed E-state index contributed by atoms with van der Waals surface area (Å²) in [5, 5.41) is 7.60. The van der Waals surface area contributed by atoms with Crippen LogP contribution in [0.3, 0.4) is 0 Å². The summed E-state index contributed by atoms with van der Waals surface area (Å²) in [6, 6.07) is 66.4. The zero-order valence-corrected chi connectivity index (χ0v) is 45.0. The molecular weight excluding hydrogens is 899 g/mol. The van der Waals surface area contributed by atoms with E-state index in [9.17, 15) is 0 Å². The maximum Gasteiger partial charge on any atom is 0.152 e. The van der Waals surface area contributed by atoms with Gasteiger partial charge in [-0.3, -0.25) is 0 Å². The van der Waals surface area contributed by atoms with Crippen molar-refractivity contribution in [3.63, 3.8) is 0 Å². The molecule has 366 valence electrons. The third-order valence-electron chi connectivity index (χ3n) is 16.1. The van der Waals surface area contributed by atoms with E-state index >= 15 is 0 Å². The van der Waals surface area contributed by atoms with Crippen LogP contribution in [-0.2, 0) is 21.7 Å². The van der Waals surface area contributed by atoms with Crippen molar-refractivity contribution in [1.29, 1.82) is 0 Å². The third-order valence-corrected chi connectivity index (χ3v) is 16.1. The fourth-order valence-corrected chi connectivity index (χ4v) is 11.7. The molecule has 0 saturated carbocycles. The number of hydrogen-bond donors (Lipinski definition) is 0. The van der Waals surface area contributed by atoms with E-state index in [0.29, 0.717) is 0 Å². The predicted molar refractivity (Wildman–Crippen MR) is 315 cm³/mol. The number of hydrogen-bond acceptors (Lipinski definition) is 1. The fourth-order valence-electron chi connectivity index (χ4n) is 11.7. The van der Waals surface area contributed by atoms with Gasteiger partial charge in [0, 0.05) is 43.7 Å². The topological polar surface area (TPSA) is 24.0 Å². The number of ether oxygens (including phenoxy) is 1. The molecule has 4 heteroatoms. The van der Waals surface area contributed by atoms with Crippen LogP contribution in [0, 0.1) is 0 Å². The zero-order valence-electron chi connectivity index (χ0n) is 45.0. The Balaban J connectivity index is 0.843. The highest BCUT2D eigenvalue weighted by Crippen LogP contribution is 2.48. The van der Waals surface area contributed by atoms with Crippen molar-refractivity contribution in [3.05, 3.63) is 198 Å². The lowest BCUT2D eigenvalue weighted by molar-refractivity contribution is 0.476. The molecule has 1 aliphatic heterocycles. The molecule has 4 nitrogen and oxygen atoms in total. The van der Waals surface area contributed by atoms with Crippen LogP contribution < -0.4 is 4.74 Å². The van der Waals surface area contributed by atoms with Crippen LogP contribution in [0.1, 0.15) is 105 Å². The Hall–Kier alpha value is -7.82. The molecule has 0 radical (unpaired) electrons. The van der Waals surface area contributed by atoms with Gasteiger partial charge in [0.2, 0.25) is 0 Å². The number of benzene rings is 9. The maximum atomic E-state index is 6.83. The Morgan fingerprint density at radius 3 is 1.05 bits per heavy atom. The first-order valence-electron chi connectivity index (χ1n) is 26.5. The van der Waals surface area contributed by atoms with Gasteiger partial charge in [0.05, 0.1) is 38.8 Å². The van der Waals surface area contributed by atoms with Crippen LogP contribution in [0.5, 0.6) is 11.5 Å². The molecule has 3 aromatic heterocycles. The summed E-state index contributed by atoms with van der Waals surface area (Å²) in [4.78, 5) is 0. The van der Waals surface area contributed by atoms with Gasteiger partial charge in [-0.15, -0.1) is 0 Å². The van der Waals surface area contributed by atoms with Gasteiger partial charge in [0.1, 0.15) is 0 Å². The minimum atomic E-state index is 0.0527. The van der Waals surface area contributed by atoms with E-state index < -0.39 is 0 Å². The van der Waals surface area contributed by atoms with Gasteiger partial charge in [0.15, 0.2) is 11.5 Å². The first-order valence-corrected chi connectivity index (χ1v) is 26.5. The smallest absolute Gasteiger partial charge is 0.152 e. The second-order valence-electron chi connectivity index (χ2n) is 25.2. The normalized spacial score (nSPS) is 13.2. The largest absolute Gasteiger partial charge is 0.453 e. The molecule has 74 heavy (non-hydrogen) atoms. The molecular formula is C70H65N3O. The minimum Gasteiger partial charge on any atom is -0.453 e. The Morgan fingerprint density at radius 2 is 0.635 bits per heavy atom. The second-order valence-corrected chi connectivity index (χ2v) is 25.2. The van der Waals surface area contributed by atoms with E-state index in [2.05, 4.69) is 273 Å². The van der Waals surface area contributed by atoms with Gasteiger partial charge in [0.25, 0.3) is 0 Å². The molecule has 13 rings (SSSR count). The van der Waals surface area contributed by atoms with Gasteiger partial charge >= 0.3 is 0 Å². The molecule has 4 heterocycles. The zero-order chi connectivity index (χ0) is 51.4. The van der Waals surface area contributed by atoms with Gasteiger partial charge in [-0.1, -0.05) is 156 Å². The highest BCUT2D eigenvalue weighted by atomic mass is 16.5. The lowest BCUT2D eigenvalue weighted by atomic mass is 9.85. The van der Waals surface area contributed by atoms with Gasteiger partial charge < -0.3 is 18.4 Å². The first-order chi connectivity index (χ1) is 35.2. The average Bonchev–Trinajstić information content (AvgIpc) is 4.02. The third kappa shape index (κ3) is 7.23. The number of aromatic nitrogens is 3. The maximum absolute atomic E-state index is 6.83. The summed E-state index contributed by atoms with van der Waals surface area (Å²) in [6.07, 6.45) is 0. The van der Waals surface area contributed by atoms with Crippen LogP contribution in [-0.4, -0.2) is 13.7 Å². The molecule has 0 amide bonds. The van der Waals surface area contributed by atoms with Crippen LogP contribution in [0.15, 0.2) is 176 Å². The molecule has 0 spiro atoms. The first kappa shape index (κ1) is 46.0. The van der Waals surface area contributed by atoms with Gasteiger partial charge in [-0.05, 0) is 169 Å². The Labute approximate surface area is 435 Å². The second kappa shape index (κ2) is 15.8. The summed E-state index contributed by atoms with van der Waals surface area (Å²) >= 11 is 0. The van der Waals surface area contributed by atoms with Gasteiger partial charge in [-0.2, -0.15) is 0 Å². The molecule has 1 aliphatic rings. The van der Waals surface area contributed by atoms with Crippen molar-refractivity contribution in [1.82, 2.24) is 13.7 Å². The van der Waals surface area contributed by atoms with Crippen molar-refractivity contribution in [3.8, 4) is 50.8 Å². The van der Waals surface area contributed by atoms with Crippen molar-refractivity contribution >= 4 is 65.4 Å². The predicted octanol–water partition coefficient (Wildman–Crippen LogP) is 19.6. The number of rotatable bonds is 4. The molecule has 0 unspecified atom stereocenters. The van der Waals surface area contributed by atoms with Crippen LogP contribution >= 0.6 is 0 Å². The highest BCUT2D eigenvalue weighted by Gasteiger charge is 2.27. The SMILES string of the molecule is CC(C)(C)c1ccc2c(c1)c1cc(C(C)(C)C)ccc1n2-c1ccc(-c2ccc3c(c2)Oc2cccc4c5cc(-c6ccc(-n7c8ccc(C(C)(C)C)cc8c8cc(C(C)(C)C)ccc87)cc6)ccc5n-3c24)cc1. The summed E-state index contributed by atoms with van der Waals surface area (Å²) in [7, 11) is 0. The van der Waals surface area contributed by atoms with Gasteiger partial charge in [-0.25, -0.2) is 0 Å².